The van der Waals surface area contributed by atoms with E-state index in [2.05, 4.69) is 15.0 Å². The molecule has 0 radical (unpaired) electrons. The highest BCUT2D eigenvalue weighted by Gasteiger charge is 2.15. The number of hydrogen-bond acceptors (Lipinski definition) is 8. The Bertz CT molecular complexity index is 1020. The zero-order chi connectivity index (χ0) is 20.9. The summed E-state index contributed by atoms with van der Waals surface area (Å²) in [7, 11) is -4.19. The van der Waals surface area contributed by atoms with Crippen LogP contribution in [0.2, 0.25) is 0 Å². The molecule has 0 atom stereocenters. The first kappa shape index (κ1) is 21.5. The fourth-order valence-electron chi connectivity index (χ4n) is 2.47. The van der Waals surface area contributed by atoms with Crippen LogP contribution in [-0.2, 0) is 15.8 Å². The van der Waals surface area contributed by atoms with Gasteiger partial charge < -0.3 is 29.6 Å². The lowest BCUT2D eigenvalue weighted by Gasteiger charge is -2.08. The molecule has 3 aromatic rings. The lowest BCUT2D eigenvalue weighted by atomic mass is 10.3. The standard InChI is InChI=1S/C17H22N5O5PS/c1-2-7-27-12-4-3-5-13(9-12)29-16-14-15(20-17(18)21-16)22(10-19-14)6-8-26-11-28(23,24)25/h3-5,9-10H,2,6-8,11H2,1H3,(H2,18,20,21)(H2,23,24,25). The molecular weight excluding hydrogens is 417 g/mol. The predicted octanol–water partition coefficient (Wildman–Crippen LogP) is 2.50. The van der Waals surface area contributed by atoms with Crippen molar-refractivity contribution in [2.45, 2.75) is 29.8 Å². The van der Waals surface area contributed by atoms with Gasteiger partial charge in [0.1, 0.15) is 22.6 Å². The number of nitrogens with zero attached hydrogens (tertiary/aromatic N) is 4. The van der Waals surface area contributed by atoms with E-state index in [9.17, 15) is 4.57 Å². The summed E-state index contributed by atoms with van der Waals surface area (Å²) in [6, 6.07) is 7.68. The molecule has 0 saturated carbocycles. The first-order valence-electron chi connectivity index (χ1n) is 8.87. The van der Waals surface area contributed by atoms with Gasteiger partial charge in [0.05, 0.1) is 19.5 Å². The van der Waals surface area contributed by atoms with Crippen molar-refractivity contribution in [3.8, 4) is 5.75 Å². The maximum atomic E-state index is 10.9. The summed E-state index contributed by atoms with van der Waals surface area (Å²) >= 11 is 1.40. The summed E-state index contributed by atoms with van der Waals surface area (Å²) in [5.74, 6) is 0.888. The molecule has 0 unspecified atom stereocenters. The Hall–Kier alpha value is -2.17. The molecule has 29 heavy (non-hydrogen) atoms. The lowest BCUT2D eigenvalue weighted by Crippen LogP contribution is -2.07. The van der Waals surface area contributed by atoms with Gasteiger partial charge in [-0.15, -0.1) is 0 Å². The zero-order valence-electron chi connectivity index (χ0n) is 15.8. The molecule has 1 aromatic carbocycles. The molecule has 0 aliphatic heterocycles. The quantitative estimate of drug-likeness (QED) is 0.245. The molecule has 2 aromatic heterocycles. The number of hydrogen-bond donors (Lipinski definition) is 3. The molecule has 0 saturated heterocycles. The number of nitrogens with two attached hydrogens (primary N) is 1. The minimum absolute atomic E-state index is 0.0970. The Labute approximate surface area is 171 Å². The van der Waals surface area contributed by atoms with Gasteiger partial charge in [0.15, 0.2) is 5.65 Å². The zero-order valence-corrected chi connectivity index (χ0v) is 17.5. The van der Waals surface area contributed by atoms with Crippen LogP contribution in [0.1, 0.15) is 13.3 Å². The number of nitrogen functional groups attached to an aromatic ring is 1. The third-order valence-electron chi connectivity index (χ3n) is 3.68. The molecule has 0 fully saturated rings. The van der Waals surface area contributed by atoms with Crippen molar-refractivity contribution in [1.82, 2.24) is 19.5 Å². The molecule has 3 rings (SSSR count). The van der Waals surface area contributed by atoms with Gasteiger partial charge in [0, 0.05) is 11.4 Å². The van der Waals surface area contributed by atoms with E-state index in [0.29, 0.717) is 29.3 Å². The van der Waals surface area contributed by atoms with Crippen LogP contribution in [0.4, 0.5) is 5.95 Å². The number of rotatable bonds is 10. The van der Waals surface area contributed by atoms with Gasteiger partial charge in [-0.25, -0.2) is 9.97 Å². The highest BCUT2D eigenvalue weighted by atomic mass is 32.2. The smallest absolute Gasteiger partial charge is 0.350 e. The molecule has 0 aliphatic rings. The predicted molar refractivity (Wildman–Crippen MR) is 109 cm³/mol. The van der Waals surface area contributed by atoms with Crippen molar-refractivity contribution in [2.75, 3.05) is 25.3 Å². The first-order valence-corrected chi connectivity index (χ1v) is 11.5. The summed E-state index contributed by atoms with van der Waals surface area (Å²) < 4.78 is 23.2. The minimum Gasteiger partial charge on any atom is -0.494 e. The van der Waals surface area contributed by atoms with Crippen molar-refractivity contribution in [3.63, 3.8) is 0 Å². The van der Waals surface area contributed by atoms with Crippen molar-refractivity contribution < 1.29 is 23.8 Å². The van der Waals surface area contributed by atoms with E-state index >= 15 is 0 Å². The van der Waals surface area contributed by atoms with Gasteiger partial charge >= 0.3 is 7.60 Å². The third kappa shape index (κ3) is 6.15. The van der Waals surface area contributed by atoms with Gasteiger partial charge in [-0.1, -0.05) is 24.8 Å². The number of fused-ring (bicyclic) bond motifs is 1. The van der Waals surface area contributed by atoms with E-state index in [4.69, 9.17) is 25.0 Å². The Morgan fingerprint density at radius 2 is 2.10 bits per heavy atom. The number of benzene rings is 1. The van der Waals surface area contributed by atoms with Crippen LogP contribution in [0.25, 0.3) is 11.2 Å². The first-order chi connectivity index (χ1) is 13.9. The van der Waals surface area contributed by atoms with Gasteiger partial charge in [0.25, 0.3) is 0 Å². The average molecular weight is 439 g/mol. The maximum Gasteiger partial charge on any atom is 0.350 e. The van der Waals surface area contributed by atoms with Crippen molar-refractivity contribution in [3.05, 3.63) is 30.6 Å². The monoisotopic (exact) mass is 439 g/mol. The fourth-order valence-corrected chi connectivity index (χ4v) is 3.77. The van der Waals surface area contributed by atoms with Crippen molar-refractivity contribution >= 4 is 36.5 Å². The van der Waals surface area contributed by atoms with Crippen LogP contribution in [0.15, 0.2) is 40.5 Å². The number of ether oxygens (including phenoxy) is 2. The Kier molecular flexibility index (Phi) is 7.09. The van der Waals surface area contributed by atoms with Gasteiger partial charge in [-0.3, -0.25) is 4.57 Å². The van der Waals surface area contributed by atoms with Crippen LogP contribution in [-0.4, -0.2) is 48.9 Å². The van der Waals surface area contributed by atoms with E-state index < -0.39 is 13.9 Å². The van der Waals surface area contributed by atoms with Crippen molar-refractivity contribution in [1.29, 1.82) is 0 Å². The number of anilines is 1. The Balaban J connectivity index is 1.77. The van der Waals surface area contributed by atoms with E-state index in [-0.39, 0.29) is 12.6 Å². The van der Waals surface area contributed by atoms with Gasteiger partial charge in [0.2, 0.25) is 5.95 Å². The molecule has 0 bridgehead atoms. The highest BCUT2D eigenvalue weighted by Crippen LogP contribution is 2.34. The highest BCUT2D eigenvalue weighted by molar-refractivity contribution is 7.99. The number of aromatic nitrogens is 4. The minimum atomic E-state index is -4.19. The third-order valence-corrected chi connectivity index (χ3v) is 5.16. The van der Waals surface area contributed by atoms with E-state index in [1.807, 2.05) is 31.2 Å². The van der Waals surface area contributed by atoms with Gasteiger partial charge in [-0.2, -0.15) is 4.98 Å². The van der Waals surface area contributed by atoms with Crippen LogP contribution in [0.3, 0.4) is 0 Å². The molecule has 0 amide bonds. The molecular formula is C17H22N5O5PS. The number of imidazole rings is 1. The lowest BCUT2D eigenvalue weighted by molar-refractivity contribution is 0.149. The molecule has 2 heterocycles. The summed E-state index contributed by atoms with van der Waals surface area (Å²) in [5, 5.41) is 0.607. The van der Waals surface area contributed by atoms with Gasteiger partial charge in [-0.05, 0) is 24.6 Å². The SMILES string of the molecule is CCCOc1cccc(Sc2nc(N)nc3c2ncn3CCOCP(=O)(O)O)c1. The van der Waals surface area contributed by atoms with E-state index in [1.54, 1.807) is 10.9 Å². The van der Waals surface area contributed by atoms with Crippen LogP contribution in [0.5, 0.6) is 5.75 Å². The maximum absolute atomic E-state index is 10.9. The average Bonchev–Trinajstić information content (AvgIpc) is 3.06. The Morgan fingerprint density at radius 1 is 1.28 bits per heavy atom. The Morgan fingerprint density at radius 3 is 2.86 bits per heavy atom. The second kappa shape index (κ2) is 9.55. The molecule has 10 nitrogen and oxygen atoms in total. The second-order valence-corrected chi connectivity index (χ2v) is 8.77. The van der Waals surface area contributed by atoms with Crippen LogP contribution in [0, 0.1) is 0 Å². The summed E-state index contributed by atoms with van der Waals surface area (Å²) in [6.07, 6.45) is 1.87. The second-order valence-electron chi connectivity index (χ2n) is 6.12. The molecule has 0 spiro atoms. The largest absolute Gasteiger partial charge is 0.494 e. The van der Waals surface area contributed by atoms with E-state index in [0.717, 1.165) is 17.1 Å². The summed E-state index contributed by atoms with van der Waals surface area (Å²) in [4.78, 5) is 31.5. The molecule has 4 N–H and O–H groups in total. The molecule has 12 heteroatoms. The molecule has 0 aliphatic carbocycles. The van der Waals surface area contributed by atoms with Crippen LogP contribution < -0.4 is 10.5 Å². The van der Waals surface area contributed by atoms with E-state index in [1.165, 1.54) is 11.8 Å². The summed E-state index contributed by atoms with van der Waals surface area (Å²) in [5.41, 5.74) is 6.99. The van der Waals surface area contributed by atoms with Crippen molar-refractivity contribution in [2.24, 2.45) is 0 Å². The fraction of sp³-hybridized carbons (Fsp3) is 0.353. The van der Waals surface area contributed by atoms with Crippen LogP contribution >= 0.6 is 19.4 Å². The topological polar surface area (TPSA) is 146 Å². The normalized spacial score (nSPS) is 11.8. The summed E-state index contributed by atoms with van der Waals surface area (Å²) in [6.45, 7) is 3.11. The molecule has 156 valence electrons.